The van der Waals surface area contributed by atoms with Gasteiger partial charge in [0.2, 0.25) is 0 Å². The molecule has 3 nitrogen and oxygen atoms in total. The molecule has 1 unspecified atom stereocenters. The van der Waals surface area contributed by atoms with E-state index in [0.29, 0.717) is 0 Å². The van der Waals surface area contributed by atoms with Crippen LogP contribution in [0, 0.1) is 0 Å². The number of anilines is 1. The van der Waals surface area contributed by atoms with Crippen molar-refractivity contribution in [2.45, 2.75) is 104 Å². The maximum atomic E-state index is 6.40. The molecule has 4 rings (SSSR count). The lowest BCUT2D eigenvalue weighted by atomic mass is 9.70. The number of hydrogen-bond acceptors (Lipinski definition) is 3. The first-order chi connectivity index (χ1) is 15.2. The first-order valence-electron chi connectivity index (χ1n) is 12.5. The zero-order valence-electron chi connectivity index (χ0n) is 21.3. The number of hydrogen-bond donors (Lipinski definition) is 1. The smallest absolute Gasteiger partial charge is 0.399 e. The third-order valence-electron chi connectivity index (χ3n) is 7.23. The average molecular weight is 435 g/mol. The van der Waals surface area contributed by atoms with E-state index in [4.69, 9.17) is 9.31 Å². The summed E-state index contributed by atoms with van der Waals surface area (Å²) in [5, 5.41) is 3.78. The minimum Gasteiger partial charge on any atom is -0.399 e. The first kappa shape index (κ1) is 24.9. The van der Waals surface area contributed by atoms with Crippen LogP contribution in [0.15, 0.2) is 42.5 Å². The molecule has 2 aliphatic rings. The summed E-state index contributed by atoms with van der Waals surface area (Å²) in [5.41, 5.74) is 5.86. The fourth-order valence-electron chi connectivity index (χ4n) is 4.27. The van der Waals surface area contributed by atoms with E-state index in [-0.39, 0.29) is 24.4 Å². The SMILES string of the molecule is CCCC.CCc1ccc(NC2CCCc3cccc(B4OC(C)(C)C(C)(C)O4)c32)cc1. The second kappa shape index (κ2) is 10.4. The summed E-state index contributed by atoms with van der Waals surface area (Å²) in [4.78, 5) is 0. The lowest BCUT2D eigenvalue weighted by Crippen LogP contribution is -2.41. The molecule has 4 heteroatoms. The largest absolute Gasteiger partial charge is 0.495 e. The van der Waals surface area contributed by atoms with E-state index in [9.17, 15) is 0 Å². The van der Waals surface area contributed by atoms with E-state index < -0.39 is 0 Å². The molecule has 0 aromatic heterocycles. The van der Waals surface area contributed by atoms with Gasteiger partial charge in [-0.1, -0.05) is 63.9 Å². The second-order valence-corrected chi connectivity index (χ2v) is 10.1. The van der Waals surface area contributed by atoms with Gasteiger partial charge in [-0.15, -0.1) is 0 Å². The third kappa shape index (κ3) is 5.40. The zero-order valence-corrected chi connectivity index (χ0v) is 21.3. The Morgan fingerprint density at radius 2 is 1.53 bits per heavy atom. The Bertz CT molecular complexity index is 858. The first-order valence-corrected chi connectivity index (χ1v) is 12.5. The van der Waals surface area contributed by atoms with Gasteiger partial charge in [0, 0.05) is 5.69 Å². The van der Waals surface area contributed by atoms with Gasteiger partial charge in [0.25, 0.3) is 0 Å². The molecule has 1 heterocycles. The Hall–Kier alpha value is -1.78. The van der Waals surface area contributed by atoms with E-state index in [1.54, 1.807) is 0 Å². The van der Waals surface area contributed by atoms with Gasteiger partial charge in [-0.25, -0.2) is 0 Å². The Morgan fingerprint density at radius 3 is 2.09 bits per heavy atom. The molecule has 174 valence electrons. The minimum absolute atomic E-state index is 0.284. The lowest BCUT2D eigenvalue weighted by molar-refractivity contribution is 0.00578. The second-order valence-electron chi connectivity index (χ2n) is 10.1. The maximum Gasteiger partial charge on any atom is 0.495 e. The highest BCUT2D eigenvalue weighted by atomic mass is 16.7. The fraction of sp³-hybridized carbons (Fsp3) is 0.571. The molecule has 0 radical (unpaired) electrons. The molecule has 0 saturated carbocycles. The Balaban J connectivity index is 0.000000668. The lowest BCUT2D eigenvalue weighted by Gasteiger charge is -2.32. The van der Waals surface area contributed by atoms with Crippen molar-refractivity contribution in [3.05, 3.63) is 59.2 Å². The number of benzene rings is 2. The minimum atomic E-state index is -0.325. The van der Waals surface area contributed by atoms with Gasteiger partial charge in [-0.2, -0.15) is 0 Å². The Morgan fingerprint density at radius 1 is 0.906 bits per heavy atom. The van der Waals surface area contributed by atoms with Crippen molar-refractivity contribution in [1.29, 1.82) is 0 Å². The van der Waals surface area contributed by atoms with Crippen LogP contribution in [0.1, 0.15) is 96.9 Å². The molecule has 0 amide bonds. The third-order valence-corrected chi connectivity index (χ3v) is 7.23. The van der Waals surface area contributed by atoms with Gasteiger partial charge in [-0.3, -0.25) is 0 Å². The van der Waals surface area contributed by atoms with Gasteiger partial charge in [-0.05, 0) is 87.7 Å². The van der Waals surface area contributed by atoms with Gasteiger partial charge in [0.15, 0.2) is 0 Å². The summed E-state index contributed by atoms with van der Waals surface area (Å²) in [7, 11) is -0.315. The molecule has 0 spiro atoms. The van der Waals surface area contributed by atoms with Crippen molar-refractivity contribution >= 4 is 18.3 Å². The van der Waals surface area contributed by atoms with Crippen molar-refractivity contribution in [2.24, 2.45) is 0 Å². The van der Waals surface area contributed by atoms with Crippen LogP contribution in [0.25, 0.3) is 0 Å². The molecular formula is C28H42BNO2. The van der Waals surface area contributed by atoms with Crippen LogP contribution in [0.2, 0.25) is 0 Å². The molecule has 2 aromatic rings. The molecule has 0 bridgehead atoms. The predicted molar refractivity (Wildman–Crippen MR) is 138 cm³/mol. The van der Waals surface area contributed by atoms with Crippen molar-refractivity contribution in [3.8, 4) is 0 Å². The fourth-order valence-corrected chi connectivity index (χ4v) is 4.27. The van der Waals surface area contributed by atoms with Gasteiger partial charge < -0.3 is 14.6 Å². The van der Waals surface area contributed by atoms with Gasteiger partial charge >= 0.3 is 7.12 Å². The van der Waals surface area contributed by atoms with Crippen LogP contribution in [0.5, 0.6) is 0 Å². The molecule has 2 aromatic carbocycles. The number of fused-ring (bicyclic) bond motifs is 1. The van der Waals surface area contributed by atoms with Crippen LogP contribution in [-0.4, -0.2) is 18.3 Å². The quantitative estimate of drug-likeness (QED) is 0.522. The Kier molecular flexibility index (Phi) is 8.11. The van der Waals surface area contributed by atoms with E-state index >= 15 is 0 Å². The maximum absolute atomic E-state index is 6.40. The van der Waals surface area contributed by atoms with Gasteiger partial charge in [0.05, 0.1) is 17.2 Å². The summed E-state index contributed by atoms with van der Waals surface area (Å²) >= 11 is 0. The highest BCUT2D eigenvalue weighted by molar-refractivity contribution is 6.62. The molecule has 1 atom stereocenters. The molecule has 1 aliphatic heterocycles. The molecule has 1 fully saturated rings. The predicted octanol–water partition coefficient (Wildman–Crippen LogP) is 6.84. The number of nitrogens with one attached hydrogen (secondary N) is 1. The van der Waals surface area contributed by atoms with Crippen LogP contribution in [0.3, 0.4) is 0 Å². The summed E-state index contributed by atoms with van der Waals surface area (Å²) in [5.74, 6) is 0. The number of unbranched alkanes of at least 4 members (excludes halogenated alkanes) is 1. The van der Waals surface area contributed by atoms with Crippen LogP contribution >= 0.6 is 0 Å². The average Bonchev–Trinajstić information content (AvgIpc) is 3.01. The van der Waals surface area contributed by atoms with Crippen molar-refractivity contribution < 1.29 is 9.31 Å². The highest BCUT2D eigenvalue weighted by Crippen LogP contribution is 2.38. The normalized spacial score (nSPS) is 20.8. The van der Waals surface area contributed by atoms with Crippen molar-refractivity contribution in [2.75, 3.05) is 5.32 Å². The molecule has 1 aliphatic carbocycles. The van der Waals surface area contributed by atoms with Crippen LogP contribution < -0.4 is 10.8 Å². The van der Waals surface area contributed by atoms with E-state index in [0.717, 1.165) is 19.3 Å². The summed E-state index contributed by atoms with van der Waals surface area (Å²) < 4.78 is 12.8. The van der Waals surface area contributed by atoms with Crippen molar-refractivity contribution in [1.82, 2.24) is 0 Å². The number of rotatable bonds is 5. The van der Waals surface area contributed by atoms with Crippen LogP contribution in [-0.2, 0) is 22.2 Å². The van der Waals surface area contributed by atoms with E-state index in [1.165, 1.54) is 47.1 Å². The molecular weight excluding hydrogens is 393 g/mol. The molecule has 1 saturated heterocycles. The highest BCUT2D eigenvalue weighted by Gasteiger charge is 2.52. The number of aryl methyl sites for hydroxylation is 2. The summed E-state index contributed by atoms with van der Waals surface area (Å²) in [6.45, 7) is 15.0. The molecule has 1 N–H and O–H groups in total. The zero-order chi connectivity index (χ0) is 23.4. The molecule has 32 heavy (non-hydrogen) atoms. The van der Waals surface area contributed by atoms with Crippen LogP contribution in [0.4, 0.5) is 5.69 Å². The van der Waals surface area contributed by atoms with E-state index in [2.05, 4.69) is 96.2 Å². The standard InChI is InChI=1S/C24H32BNO2.C4H10/c1-6-17-13-15-19(16-14-17)26-21-12-8-10-18-9-7-11-20(22(18)21)25-27-23(2,3)24(4,5)28-25;1-3-4-2/h7,9,11,13-16,21,26H,6,8,10,12H2,1-5H3;3-4H2,1-2H3. The monoisotopic (exact) mass is 435 g/mol. The summed E-state index contributed by atoms with van der Waals surface area (Å²) in [6, 6.07) is 15.7. The van der Waals surface area contributed by atoms with E-state index in [1.807, 2.05) is 0 Å². The van der Waals surface area contributed by atoms with Gasteiger partial charge in [0.1, 0.15) is 0 Å². The summed E-state index contributed by atoms with van der Waals surface area (Å²) in [6.07, 6.45) is 7.15. The topological polar surface area (TPSA) is 30.5 Å². The Labute approximate surface area is 196 Å². The van der Waals surface area contributed by atoms with Crippen molar-refractivity contribution in [3.63, 3.8) is 0 Å².